The Hall–Kier alpha value is -3.02. The fraction of sp³-hybridized carbons (Fsp3) is 0.238. The van der Waals surface area contributed by atoms with Crippen LogP contribution in [0.4, 0.5) is 20.2 Å². The summed E-state index contributed by atoms with van der Waals surface area (Å²) in [7, 11) is 0. The maximum absolute atomic E-state index is 13.9. The molecule has 1 N–H and O–H groups in total. The van der Waals surface area contributed by atoms with Crippen LogP contribution in [0, 0.1) is 18.6 Å². The zero-order valence-electron chi connectivity index (χ0n) is 14.9. The molecular formula is C21H19F2N3O. The van der Waals surface area contributed by atoms with Crippen molar-refractivity contribution in [3.05, 3.63) is 65.4 Å². The lowest BCUT2D eigenvalue weighted by molar-refractivity contribution is 0.0793. The van der Waals surface area contributed by atoms with Crippen molar-refractivity contribution in [2.45, 2.75) is 19.8 Å². The van der Waals surface area contributed by atoms with Crippen LogP contribution in [0.15, 0.2) is 42.6 Å². The van der Waals surface area contributed by atoms with Gasteiger partial charge >= 0.3 is 0 Å². The number of hydrogen-bond donors (Lipinski definition) is 1. The molecule has 138 valence electrons. The smallest absolute Gasteiger partial charge is 0.257 e. The van der Waals surface area contributed by atoms with E-state index >= 15 is 0 Å². The number of fused-ring (bicyclic) bond motifs is 1. The first-order valence-corrected chi connectivity index (χ1v) is 8.93. The van der Waals surface area contributed by atoms with Crippen LogP contribution in [-0.4, -0.2) is 28.9 Å². The van der Waals surface area contributed by atoms with Crippen molar-refractivity contribution >= 4 is 28.2 Å². The number of aryl methyl sites for hydroxylation is 1. The molecule has 0 saturated carbocycles. The highest BCUT2D eigenvalue weighted by atomic mass is 19.1. The molecule has 1 fully saturated rings. The van der Waals surface area contributed by atoms with E-state index in [1.54, 1.807) is 17.0 Å². The molecule has 0 radical (unpaired) electrons. The number of nitrogens with zero attached hydrogens (tertiary/aromatic N) is 2. The van der Waals surface area contributed by atoms with Gasteiger partial charge in [0.2, 0.25) is 0 Å². The minimum Gasteiger partial charge on any atom is -0.354 e. The van der Waals surface area contributed by atoms with Crippen LogP contribution in [0.2, 0.25) is 0 Å². The molecule has 4 nitrogen and oxygen atoms in total. The second-order valence-corrected chi connectivity index (χ2v) is 6.79. The van der Waals surface area contributed by atoms with Crippen LogP contribution in [0.1, 0.15) is 28.8 Å². The van der Waals surface area contributed by atoms with Gasteiger partial charge in [-0.05, 0) is 55.7 Å². The average Bonchev–Trinajstić information content (AvgIpc) is 3.19. The Bertz CT molecular complexity index is 1030. The Morgan fingerprint density at radius 3 is 2.56 bits per heavy atom. The number of nitrogens with one attached hydrogen (secondary N) is 1. The molecule has 1 amide bonds. The van der Waals surface area contributed by atoms with E-state index in [0.29, 0.717) is 40.9 Å². The van der Waals surface area contributed by atoms with Gasteiger partial charge in [0.05, 0.1) is 16.8 Å². The van der Waals surface area contributed by atoms with E-state index < -0.39 is 5.82 Å². The van der Waals surface area contributed by atoms with E-state index in [4.69, 9.17) is 0 Å². The number of likely N-dealkylation sites (tertiary alicyclic amines) is 1. The summed E-state index contributed by atoms with van der Waals surface area (Å²) in [5.41, 5.74) is 2.72. The van der Waals surface area contributed by atoms with Crippen molar-refractivity contribution in [1.29, 1.82) is 0 Å². The normalized spacial score (nSPS) is 14.0. The molecule has 4 rings (SSSR count). The van der Waals surface area contributed by atoms with Crippen LogP contribution >= 0.6 is 0 Å². The van der Waals surface area contributed by atoms with Crippen LogP contribution < -0.4 is 5.32 Å². The third kappa shape index (κ3) is 3.35. The number of benzene rings is 2. The van der Waals surface area contributed by atoms with Crippen molar-refractivity contribution < 1.29 is 13.6 Å². The van der Waals surface area contributed by atoms with Gasteiger partial charge in [0.25, 0.3) is 5.91 Å². The Morgan fingerprint density at radius 1 is 1.07 bits per heavy atom. The molecule has 27 heavy (non-hydrogen) atoms. The highest BCUT2D eigenvalue weighted by Crippen LogP contribution is 2.32. The third-order valence-corrected chi connectivity index (χ3v) is 4.91. The summed E-state index contributed by atoms with van der Waals surface area (Å²) in [6.45, 7) is 3.23. The fourth-order valence-electron chi connectivity index (χ4n) is 3.42. The van der Waals surface area contributed by atoms with Gasteiger partial charge in [0.15, 0.2) is 0 Å². The van der Waals surface area contributed by atoms with E-state index in [1.165, 1.54) is 30.5 Å². The lowest BCUT2D eigenvalue weighted by Gasteiger charge is -2.20. The summed E-state index contributed by atoms with van der Waals surface area (Å²) < 4.78 is 27.7. The van der Waals surface area contributed by atoms with Crippen LogP contribution in [0.25, 0.3) is 10.9 Å². The van der Waals surface area contributed by atoms with Gasteiger partial charge in [-0.15, -0.1) is 0 Å². The van der Waals surface area contributed by atoms with Gasteiger partial charge in [0, 0.05) is 30.4 Å². The SMILES string of the molecule is Cc1ccc(F)cc1Nc1c(C(=O)N2CCCC2)cnc2ccc(F)cc12. The van der Waals surface area contributed by atoms with Crippen LogP contribution in [0.3, 0.4) is 0 Å². The number of aromatic nitrogens is 1. The highest BCUT2D eigenvalue weighted by Gasteiger charge is 2.24. The molecule has 1 aliphatic rings. The summed E-state index contributed by atoms with van der Waals surface area (Å²) >= 11 is 0. The molecule has 0 unspecified atom stereocenters. The molecule has 2 heterocycles. The lowest BCUT2D eigenvalue weighted by atomic mass is 10.1. The first-order valence-electron chi connectivity index (χ1n) is 8.93. The maximum Gasteiger partial charge on any atom is 0.257 e. The summed E-state index contributed by atoms with van der Waals surface area (Å²) in [5.74, 6) is -0.961. The average molecular weight is 367 g/mol. The monoisotopic (exact) mass is 367 g/mol. The van der Waals surface area contributed by atoms with E-state index in [2.05, 4.69) is 10.3 Å². The van der Waals surface area contributed by atoms with Crippen molar-refractivity contribution in [1.82, 2.24) is 9.88 Å². The topological polar surface area (TPSA) is 45.2 Å². The molecule has 0 atom stereocenters. The van der Waals surface area contributed by atoms with E-state index in [0.717, 1.165) is 18.4 Å². The second kappa shape index (κ2) is 6.95. The number of anilines is 2. The van der Waals surface area contributed by atoms with Crippen molar-refractivity contribution in [3.63, 3.8) is 0 Å². The molecule has 0 spiro atoms. The van der Waals surface area contributed by atoms with Crippen molar-refractivity contribution in [3.8, 4) is 0 Å². The predicted molar refractivity (Wildman–Crippen MR) is 101 cm³/mol. The van der Waals surface area contributed by atoms with Gasteiger partial charge < -0.3 is 10.2 Å². The Morgan fingerprint density at radius 2 is 1.78 bits per heavy atom. The third-order valence-electron chi connectivity index (χ3n) is 4.91. The molecule has 0 aliphatic carbocycles. The maximum atomic E-state index is 13.9. The summed E-state index contributed by atoms with van der Waals surface area (Å²) in [6, 6.07) is 8.64. The molecule has 2 aromatic carbocycles. The summed E-state index contributed by atoms with van der Waals surface area (Å²) in [5, 5.41) is 3.65. The molecule has 0 bridgehead atoms. The number of pyridine rings is 1. The predicted octanol–water partition coefficient (Wildman–Crippen LogP) is 4.80. The second-order valence-electron chi connectivity index (χ2n) is 6.79. The number of halogens is 2. The van der Waals surface area contributed by atoms with Crippen molar-refractivity contribution in [2.24, 2.45) is 0 Å². The molecule has 6 heteroatoms. The van der Waals surface area contributed by atoms with E-state index in [1.807, 2.05) is 6.92 Å². The Labute approximate surface area is 155 Å². The molecule has 1 aromatic heterocycles. The minimum absolute atomic E-state index is 0.150. The summed E-state index contributed by atoms with van der Waals surface area (Å²) in [4.78, 5) is 19.1. The lowest BCUT2D eigenvalue weighted by Crippen LogP contribution is -2.28. The van der Waals surface area contributed by atoms with Gasteiger partial charge in [-0.3, -0.25) is 9.78 Å². The zero-order valence-corrected chi connectivity index (χ0v) is 14.9. The quantitative estimate of drug-likeness (QED) is 0.723. The first kappa shape index (κ1) is 17.4. The Kier molecular flexibility index (Phi) is 4.48. The Balaban J connectivity index is 1.88. The molecule has 1 aliphatic heterocycles. The standard InChI is InChI=1S/C21H19F2N3O/c1-13-4-5-15(23)11-19(13)25-20-16-10-14(22)6-7-18(16)24-12-17(20)21(27)26-8-2-3-9-26/h4-7,10-12H,2-3,8-9H2,1H3,(H,24,25). The first-order chi connectivity index (χ1) is 13.0. The zero-order chi connectivity index (χ0) is 19.0. The number of carbonyl (C=O) groups excluding carboxylic acids is 1. The largest absolute Gasteiger partial charge is 0.354 e. The van der Waals surface area contributed by atoms with E-state index in [-0.39, 0.29) is 11.7 Å². The number of hydrogen-bond acceptors (Lipinski definition) is 3. The molecule has 3 aromatic rings. The number of rotatable bonds is 3. The van der Waals surface area contributed by atoms with Gasteiger partial charge in [-0.25, -0.2) is 8.78 Å². The van der Waals surface area contributed by atoms with Crippen LogP contribution in [-0.2, 0) is 0 Å². The van der Waals surface area contributed by atoms with Gasteiger partial charge in [-0.1, -0.05) is 6.07 Å². The number of carbonyl (C=O) groups is 1. The fourth-order valence-corrected chi connectivity index (χ4v) is 3.42. The molecular weight excluding hydrogens is 348 g/mol. The van der Waals surface area contributed by atoms with E-state index in [9.17, 15) is 13.6 Å². The minimum atomic E-state index is -0.422. The summed E-state index contributed by atoms with van der Waals surface area (Å²) in [6.07, 6.45) is 3.44. The van der Waals surface area contributed by atoms with Gasteiger partial charge in [-0.2, -0.15) is 0 Å². The molecule has 1 saturated heterocycles. The van der Waals surface area contributed by atoms with Gasteiger partial charge in [0.1, 0.15) is 11.6 Å². The van der Waals surface area contributed by atoms with Crippen LogP contribution in [0.5, 0.6) is 0 Å². The highest BCUT2D eigenvalue weighted by molar-refractivity contribution is 6.08. The van der Waals surface area contributed by atoms with Crippen molar-refractivity contribution in [2.75, 3.05) is 18.4 Å². The number of amides is 1.